The van der Waals surface area contributed by atoms with E-state index < -0.39 is 0 Å². The van der Waals surface area contributed by atoms with Crippen LogP contribution in [0.2, 0.25) is 0 Å². The van der Waals surface area contributed by atoms with Crippen LogP contribution >= 0.6 is 0 Å². The van der Waals surface area contributed by atoms with E-state index in [1.165, 1.54) is 38.6 Å². The van der Waals surface area contributed by atoms with Crippen LogP contribution in [0.25, 0.3) is 0 Å². The van der Waals surface area contributed by atoms with Gasteiger partial charge in [0.25, 0.3) is 0 Å². The van der Waals surface area contributed by atoms with E-state index in [4.69, 9.17) is 9.47 Å². The maximum absolute atomic E-state index is 5.93. The van der Waals surface area contributed by atoms with Crippen molar-refractivity contribution in [2.75, 3.05) is 46.5 Å². The Labute approximate surface area is 116 Å². The topological polar surface area (TPSA) is 33.7 Å². The first kappa shape index (κ1) is 13.8. The molecule has 0 aromatic rings. The van der Waals surface area contributed by atoms with Crippen LogP contribution < -0.4 is 5.32 Å². The fraction of sp³-hybridized carbons (Fsp3) is 1.00. The molecule has 0 aromatic heterocycles. The average Bonchev–Trinajstić information content (AvgIpc) is 2.89. The van der Waals surface area contributed by atoms with Gasteiger partial charge in [0.15, 0.2) is 0 Å². The van der Waals surface area contributed by atoms with Crippen molar-refractivity contribution in [3.63, 3.8) is 0 Å². The largest absolute Gasteiger partial charge is 0.381 e. The van der Waals surface area contributed by atoms with Gasteiger partial charge in [-0.25, -0.2) is 0 Å². The lowest BCUT2D eigenvalue weighted by Gasteiger charge is -2.46. The molecule has 0 spiro atoms. The second kappa shape index (κ2) is 6.08. The summed E-state index contributed by atoms with van der Waals surface area (Å²) in [5, 5.41) is 3.41. The highest BCUT2D eigenvalue weighted by Crippen LogP contribution is 2.36. The van der Waals surface area contributed by atoms with Crippen molar-refractivity contribution in [2.24, 2.45) is 5.41 Å². The molecule has 0 radical (unpaired) electrons. The second-order valence-electron chi connectivity index (χ2n) is 6.52. The Morgan fingerprint density at radius 2 is 2.05 bits per heavy atom. The van der Waals surface area contributed by atoms with E-state index in [0.29, 0.717) is 17.6 Å². The molecule has 1 aliphatic carbocycles. The summed E-state index contributed by atoms with van der Waals surface area (Å²) in [7, 11) is 2.08. The minimum Gasteiger partial charge on any atom is -0.381 e. The van der Waals surface area contributed by atoms with Gasteiger partial charge >= 0.3 is 0 Å². The molecule has 19 heavy (non-hydrogen) atoms. The van der Waals surface area contributed by atoms with Gasteiger partial charge in [-0.2, -0.15) is 0 Å². The van der Waals surface area contributed by atoms with Gasteiger partial charge in [-0.1, -0.05) is 0 Å². The number of hydrogen-bond acceptors (Lipinski definition) is 4. The Balaban J connectivity index is 1.66. The van der Waals surface area contributed by atoms with E-state index in [0.717, 1.165) is 32.9 Å². The predicted molar refractivity (Wildman–Crippen MR) is 75.4 cm³/mol. The molecule has 2 atom stereocenters. The molecule has 0 aromatic carbocycles. The van der Waals surface area contributed by atoms with Crippen LogP contribution in [0.5, 0.6) is 0 Å². The van der Waals surface area contributed by atoms with E-state index in [1.54, 1.807) is 0 Å². The molecule has 2 aliphatic heterocycles. The van der Waals surface area contributed by atoms with E-state index in [9.17, 15) is 0 Å². The molecule has 3 fully saturated rings. The third-order valence-corrected chi connectivity index (χ3v) is 5.24. The molecule has 0 bridgehead atoms. The van der Waals surface area contributed by atoms with Crippen LogP contribution in [0.15, 0.2) is 0 Å². The molecule has 110 valence electrons. The van der Waals surface area contributed by atoms with E-state index in [2.05, 4.69) is 17.3 Å². The highest BCUT2D eigenvalue weighted by atomic mass is 16.5. The van der Waals surface area contributed by atoms with E-state index in [1.807, 2.05) is 0 Å². The Morgan fingerprint density at radius 1 is 1.21 bits per heavy atom. The van der Waals surface area contributed by atoms with Crippen LogP contribution in [0.3, 0.4) is 0 Å². The van der Waals surface area contributed by atoms with Gasteiger partial charge in [0, 0.05) is 38.9 Å². The summed E-state index contributed by atoms with van der Waals surface area (Å²) < 4.78 is 11.5. The Bertz CT molecular complexity index is 286. The van der Waals surface area contributed by atoms with Crippen LogP contribution in [0, 0.1) is 5.41 Å². The maximum Gasteiger partial charge on any atom is 0.0730 e. The third-order valence-electron chi connectivity index (χ3n) is 5.24. The SMILES string of the molecule is CNCC1(CN2CCOC3CCCC32)CCOCC1. The normalized spacial score (nSPS) is 35.2. The van der Waals surface area contributed by atoms with Crippen molar-refractivity contribution >= 4 is 0 Å². The Hall–Kier alpha value is -0.160. The second-order valence-corrected chi connectivity index (χ2v) is 6.52. The molecule has 4 nitrogen and oxygen atoms in total. The number of ether oxygens (including phenoxy) is 2. The first-order valence-electron chi connectivity index (χ1n) is 7.91. The van der Waals surface area contributed by atoms with Gasteiger partial charge in [-0.3, -0.25) is 4.90 Å². The maximum atomic E-state index is 5.93. The monoisotopic (exact) mass is 268 g/mol. The fourth-order valence-corrected chi connectivity index (χ4v) is 4.20. The lowest BCUT2D eigenvalue weighted by Crippen LogP contribution is -2.55. The van der Waals surface area contributed by atoms with Gasteiger partial charge in [0.05, 0.1) is 12.7 Å². The highest BCUT2D eigenvalue weighted by molar-refractivity contribution is 4.94. The van der Waals surface area contributed by atoms with Crippen molar-refractivity contribution in [2.45, 2.75) is 44.2 Å². The number of nitrogens with zero attached hydrogens (tertiary/aromatic N) is 1. The lowest BCUT2D eigenvalue weighted by atomic mass is 9.79. The average molecular weight is 268 g/mol. The van der Waals surface area contributed by atoms with Gasteiger partial charge in [-0.05, 0) is 44.6 Å². The summed E-state index contributed by atoms with van der Waals surface area (Å²) >= 11 is 0. The first-order valence-corrected chi connectivity index (χ1v) is 7.91. The van der Waals surface area contributed by atoms with Crippen LogP contribution in [-0.2, 0) is 9.47 Å². The number of morpholine rings is 1. The van der Waals surface area contributed by atoms with Crippen molar-refractivity contribution in [3.05, 3.63) is 0 Å². The lowest BCUT2D eigenvalue weighted by molar-refractivity contribution is -0.0819. The van der Waals surface area contributed by atoms with Crippen molar-refractivity contribution in [1.29, 1.82) is 0 Å². The van der Waals surface area contributed by atoms with Crippen molar-refractivity contribution in [1.82, 2.24) is 10.2 Å². The van der Waals surface area contributed by atoms with Crippen LogP contribution in [0.1, 0.15) is 32.1 Å². The summed E-state index contributed by atoms with van der Waals surface area (Å²) in [5.74, 6) is 0. The number of nitrogens with one attached hydrogen (secondary N) is 1. The van der Waals surface area contributed by atoms with E-state index in [-0.39, 0.29) is 0 Å². The predicted octanol–water partition coefficient (Wildman–Crippen LogP) is 1.26. The smallest absolute Gasteiger partial charge is 0.0730 e. The fourth-order valence-electron chi connectivity index (χ4n) is 4.20. The Morgan fingerprint density at radius 3 is 2.84 bits per heavy atom. The zero-order valence-electron chi connectivity index (χ0n) is 12.2. The molecule has 2 saturated heterocycles. The summed E-state index contributed by atoms with van der Waals surface area (Å²) in [4.78, 5) is 2.73. The summed E-state index contributed by atoms with van der Waals surface area (Å²) in [6, 6.07) is 0.685. The van der Waals surface area contributed by atoms with E-state index >= 15 is 0 Å². The highest BCUT2D eigenvalue weighted by Gasteiger charge is 2.41. The number of hydrogen-bond donors (Lipinski definition) is 1. The molecule has 1 saturated carbocycles. The van der Waals surface area contributed by atoms with Gasteiger partial charge < -0.3 is 14.8 Å². The summed E-state index contributed by atoms with van der Waals surface area (Å²) in [6.07, 6.45) is 6.85. The Kier molecular flexibility index (Phi) is 4.42. The molecular formula is C15H28N2O2. The number of fused-ring (bicyclic) bond motifs is 1. The first-order chi connectivity index (χ1) is 9.33. The molecule has 1 N–H and O–H groups in total. The molecular weight excluding hydrogens is 240 g/mol. The third kappa shape index (κ3) is 2.97. The molecule has 2 unspecified atom stereocenters. The number of rotatable bonds is 4. The quantitative estimate of drug-likeness (QED) is 0.832. The van der Waals surface area contributed by atoms with Gasteiger partial charge in [-0.15, -0.1) is 0 Å². The molecule has 4 heteroatoms. The molecule has 3 aliphatic rings. The molecule has 3 rings (SSSR count). The van der Waals surface area contributed by atoms with Crippen LogP contribution in [0.4, 0.5) is 0 Å². The van der Waals surface area contributed by atoms with Gasteiger partial charge in [0.1, 0.15) is 0 Å². The molecule has 0 amide bonds. The van der Waals surface area contributed by atoms with Gasteiger partial charge in [0.2, 0.25) is 0 Å². The van der Waals surface area contributed by atoms with Crippen molar-refractivity contribution < 1.29 is 9.47 Å². The minimum atomic E-state index is 0.414. The standard InChI is InChI=1S/C15H28N2O2/c1-16-11-15(5-8-18-9-6-15)12-17-7-10-19-14-4-2-3-13(14)17/h13-14,16H,2-12H2,1H3. The van der Waals surface area contributed by atoms with Crippen molar-refractivity contribution in [3.8, 4) is 0 Å². The minimum absolute atomic E-state index is 0.414. The molecule has 2 heterocycles. The zero-order chi connectivity index (χ0) is 13.1. The van der Waals surface area contributed by atoms with Crippen LogP contribution in [-0.4, -0.2) is 63.5 Å². The summed E-state index contributed by atoms with van der Waals surface area (Å²) in [5.41, 5.74) is 0.414. The summed E-state index contributed by atoms with van der Waals surface area (Å²) in [6.45, 7) is 6.24. The zero-order valence-corrected chi connectivity index (χ0v) is 12.2.